The molecule has 0 fully saturated rings. The van der Waals surface area contributed by atoms with Crippen LogP contribution in [-0.2, 0) is 11.2 Å². The summed E-state index contributed by atoms with van der Waals surface area (Å²) in [7, 11) is 0. The second-order valence-corrected chi connectivity index (χ2v) is 4.18. The average molecular weight is 229 g/mol. The molecule has 1 N–H and O–H groups in total. The molecule has 0 aliphatic rings. The molecule has 0 heterocycles. The molecule has 2 nitrogen and oxygen atoms in total. The number of benzene rings is 1. The van der Waals surface area contributed by atoms with Crippen molar-refractivity contribution in [3.05, 3.63) is 35.4 Å². The van der Waals surface area contributed by atoms with Crippen LogP contribution in [0.5, 0.6) is 0 Å². The van der Waals surface area contributed by atoms with Gasteiger partial charge in [0.25, 0.3) is 0 Å². The summed E-state index contributed by atoms with van der Waals surface area (Å²) in [5.74, 6) is 0.569. The van der Waals surface area contributed by atoms with Gasteiger partial charge in [0, 0.05) is 0 Å². The molecule has 16 heavy (non-hydrogen) atoms. The molecule has 0 radical (unpaired) electrons. The van der Waals surface area contributed by atoms with E-state index in [-0.39, 0.29) is 41.0 Å². The van der Waals surface area contributed by atoms with E-state index in [1.807, 2.05) is 25.3 Å². The minimum Gasteiger partial charge on any atom is -0.870 e. The quantitative estimate of drug-likeness (QED) is 0.536. The van der Waals surface area contributed by atoms with E-state index < -0.39 is 0 Å². The second kappa shape index (κ2) is 8.94. The van der Waals surface area contributed by atoms with Gasteiger partial charge in [-0.15, -0.1) is 5.92 Å². The molecule has 1 aromatic carbocycles. The van der Waals surface area contributed by atoms with E-state index in [1.165, 1.54) is 5.56 Å². The Morgan fingerprint density at radius 1 is 1.12 bits per heavy atom. The summed E-state index contributed by atoms with van der Waals surface area (Å²) in [6, 6.07) is 8.24. The number of hydrogen-bond acceptors (Lipinski definition) is 2. The largest absolute Gasteiger partial charge is 1.00 e. The van der Waals surface area contributed by atoms with Crippen LogP contribution < -0.4 is 29.6 Å². The monoisotopic (exact) mass is 229 g/mol. The molecule has 0 aliphatic heterocycles. The maximum absolute atomic E-state index is 10.4. The van der Waals surface area contributed by atoms with Gasteiger partial charge in [-0.2, -0.15) is 0 Å². The maximum Gasteiger partial charge on any atom is 1.00 e. The molecule has 1 aromatic rings. The van der Waals surface area contributed by atoms with Gasteiger partial charge < -0.3 is 10.3 Å². The summed E-state index contributed by atoms with van der Waals surface area (Å²) < 4.78 is 0. The third-order valence-electron chi connectivity index (χ3n) is 2.30. The molecular weight excluding hydrogens is 211 g/mol. The van der Waals surface area contributed by atoms with Crippen molar-refractivity contribution in [1.29, 1.82) is 0 Å². The predicted octanol–water partition coefficient (Wildman–Crippen LogP) is -0.0745. The van der Waals surface area contributed by atoms with Crippen LogP contribution in [0, 0.1) is 5.92 Å². The fraction of sp³-hybridized carbons (Fsp3) is 0.462. The molecule has 1 rings (SSSR count). The van der Waals surface area contributed by atoms with E-state index in [4.69, 9.17) is 0 Å². The Balaban J connectivity index is 0. The summed E-state index contributed by atoms with van der Waals surface area (Å²) in [5.41, 5.74) is 2.38. The van der Waals surface area contributed by atoms with Crippen molar-refractivity contribution in [2.75, 3.05) is 0 Å². The van der Waals surface area contributed by atoms with E-state index in [2.05, 4.69) is 26.0 Å². The third kappa shape index (κ3) is 5.80. The van der Waals surface area contributed by atoms with Crippen LogP contribution in [0.2, 0.25) is 0 Å². The molecule has 0 bridgehead atoms. The Morgan fingerprint density at radius 3 is 2.00 bits per heavy atom. The number of rotatable bonds is 4. The summed E-state index contributed by atoms with van der Waals surface area (Å²) in [6.07, 6.45) is 3.09. The van der Waals surface area contributed by atoms with Gasteiger partial charge in [-0.1, -0.05) is 50.6 Å². The zero-order valence-corrected chi connectivity index (χ0v) is 12.5. The molecule has 84 valence electrons. The van der Waals surface area contributed by atoms with Crippen LogP contribution in [0.25, 0.3) is 0 Å². The Kier molecular flexibility index (Phi) is 10.2. The van der Waals surface area contributed by atoms with E-state index in [1.54, 1.807) is 0 Å². The van der Waals surface area contributed by atoms with Crippen molar-refractivity contribution in [3.63, 3.8) is 0 Å². The minimum absolute atomic E-state index is 0. The Morgan fingerprint density at radius 2 is 1.62 bits per heavy atom. The number of carbonyl (C=O) groups excluding carboxylic acids is 1. The Hall–Kier alpha value is -0.150. The van der Waals surface area contributed by atoms with Crippen molar-refractivity contribution >= 4 is 6.29 Å². The minimum atomic E-state index is -0.108. The van der Waals surface area contributed by atoms with Crippen LogP contribution in [0.3, 0.4) is 0 Å². The Labute approximate surface area is 120 Å². The predicted molar refractivity (Wildman–Crippen MR) is 61.0 cm³/mol. The first kappa shape index (κ1) is 18.2. The molecular formula is C13H18NaO2-. The zero-order chi connectivity index (χ0) is 10.6. The van der Waals surface area contributed by atoms with Gasteiger partial charge in [-0.3, -0.25) is 6.29 Å². The van der Waals surface area contributed by atoms with E-state index in [0.717, 1.165) is 12.0 Å². The van der Waals surface area contributed by atoms with Crippen molar-refractivity contribution in [2.45, 2.75) is 33.1 Å². The molecule has 0 amide bonds. The standard InChI is InChI=1S/C13H17O.Na.H2O/c1-10(2)8-12-4-6-13(7-5-12)11(3)9-14;;/h4-7,10-11H,8H2,1-3H3;;1H2/q-1;+1;/p-1. The van der Waals surface area contributed by atoms with Crippen molar-refractivity contribution in [2.24, 2.45) is 5.92 Å². The van der Waals surface area contributed by atoms with Gasteiger partial charge in [0.15, 0.2) is 0 Å². The average Bonchev–Trinajstić information content (AvgIpc) is 2.17. The summed E-state index contributed by atoms with van der Waals surface area (Å²) in [5, 5.41) is 0. The second-order valence-electron chi connectivity index (χ2n) is 4.18. The molecule has 0 saturated carbocycles. The van der Waals surface area contributed by atoms with Crippen molar-refractivity contribution < 1.29 is 39.8 Å². The topological polar surface area (TPSA) is 47.1 Å². The zero-order valence-electron chi connectivity index (χ0n) is 10.5. The first-order valence-corrected chi connectivity index (χ1v) is 5.10. The third-order valence-corrected chi connectivity index (χ3v) is 2.30. The molecule has 0 spiro atoms. The van der Waals surface area contributed by atoms with Gasteiger partial charge in [0.1, 0.15) is 0 Å². The van der Waals surface area contributed by atoms with Crippen LogP contribution in [-0.4, -0.2) is 11.8 Å². The van der Waals surface area contributed by atoms with Gasteiger partial charge in [-0.05, 0) is 17.9 Å². The van der Waals surface area contributed by atoms with Gasteiger partial charge in [0.05, 0.1) is 0 Å². The van der Waals surface area contributed by atoms with Crippen LogP contribution in [0.1, 0.15) is 37.8 Å². The van der Waals surface area contributed by atoms with Crippen LogP contribution in [0.15, 0.2) is 24.3 Å². The first-order valence-electron chi connectivity index (χ1n) is 5.10. The fourth-order valence-corrected chi connectivity index (χ4v) is 1.48. The van der Waals surface area contributed by atoms with Crippen LogP contribution >= 0.6 is 0 Å². The summed E-state index contributed by atoms with van der Waals surface area (Å²) in [6.45, 7) is 6.27. The van der Waals surface area contributed by atoms with E-state index >= 15 is 0 Å². The van der Waals surface area contributed by atoms with Gasteiger partial charge in [-0.25, -0.2) is 0 Å². The molecule has 1 unspecified atom stereocenters. The van der Waals surface area contributed by atoms with Crippen molar-refractivity contribution in [3.8, 4) is 0 Å². The molecule has 0 aromatic heterocycles. The van der Waals surface area contributed by atoms with Gasteiger partial charge in [0.2, 0.25) is 0 Å². The first-order chi connectivity index (χ1) is 6.63. The smallest absolute Gasteiger partial charge is 0.870 e. The Bertz CT molecular complexity index is 293. The molecule has 3 heteroatoms. The summed E-state index contributed by atoms with van der Waals surface area (Å²) >= 11 is 0. The van der Waals surface area contributed by atoms with E-state index in [0.29, 0.717) is 5.92 Å². The fourth-order valence-electron chi connectivity index (χ4n) is 1.48. The SMILES string of the molecule is CC(C)Cc1ccc(C(C)[C-]=O)cc1.[Na+].[OH-]. The molecule has 0 saturated heterocycles. The maximum atomic E-state index is 10.4. The normalized spacial score (nSPS) is 11.2. The molecule has 1 atom stereocenters. The number of hydrogen-bond donors (Lipinski definition) is 0. The van der Waals surface area contributed by atoms with Gasteiger partial charge >= 0.3 is 29.6 Å². The molecule has 0 aliphatic carbocycles. The van der Waals surface area contributed by atoms with Crippen LogP contribution in [0.4, 0.5) is 0 Å². The summed E-state index contributed by atoms with van der Waals surface area (Å²) in [4.78, 5) is 10.4. The van der Waals surface area contributed by atoms with Crippen molar-refractivity contribution in [1.82, 2.24) is 0 Å². The van der Waals surface area contributed by atoms with E-state index in [9.17, 15) is 4.79 Å².